The van der Waals surface area contributed by atoms with Crippen molar-refractivity contribution >= 4 is 33.8 Å². The van der Waals surface area contributed by atoms with Crippen LogP contribution in [-0.2, 0) is 0 Å². The molecule has 0 radical (unpaired) electrons. The van der Waals surface area contributed by atoms with Crippen LogP contribution in [0.1, 0.15) is 37.1 Å². The number of benzene rings is 1. The highest BCUT2D eigenvalue weighted by atomic mass is 35.5. The third kappa shape index (κ3) is 3.53. The normalized spacial score (nSPS) is 19.4. The Balaban J connectivity index is 0.00000112. The van der Waals surface area contributed by atoms with Crippen LogP contribution in [0.4, 0.5) is 0 Å². The summed E-state index contributed by atoms with van der Waals surface area (Å²) < 4.78 is 1.32. The van der Waals surface area contributed by atoms with Crippen molar-refractivity contribution in [3.8, 4) is 22.0 Å². The fourth-order valence-electron chi connectivity index (χ4n) is 4.06. The van der Waals surface area contributed by atoms with E-state index in [1.165, 1.54) is 20.5 Å². The van der Waals surface area contributed by atoms with Gasteiger partial charge in [-0.3, -0.25) is 0 Å². The number of aromatic nitrogens is 3. The Kier molecular flexibility index (Phi) is 6.05. The SMILES string of the molecule is Cc1c(-c2cc3[nH]c(C4CCNC(C)C4)ncc-3n2)sc2ccccc12.Cl.O. The van der Waals surface area contributed by atoms with Crippen molar-refractivity contribution in [3.63, 3.8) is 0 Å². The van der Waals surface area contributed by atoms with E-state index in [1.54, 1.807) is 0 Å². The highest BCUT2D eigenvalue weighted by Gasteiger charge is 2.23. The molecular formula is C21H25ClN4OS. The predicted molar refractivity (Wildman–Crippen MR) is 119 cm³/mol. The van der Waals surface area contributed by atoms with E-state index >= 15 is 0 Å². The van der Waals surface area contributed by atoms with Crippen LogP contribution in [0.15, 0.2) is 36.5 Å². The molecule has 1 saturated heterocycles. The summed E-state index contributed by atoms with van der Waals surface area (Å²) in [5, 5.41) is 4.84. The molecule has 0 amide bonds. The second-order valence-electron chi connectivity index (χ2n) is 7.34. The summed E-state index contributed by atoms with van der Waals surface area (Å²) in [5.41, 5.74) is 4.40. The Bertz CT molecular complexity index is 1060. The number of hydrogen-bond donors (Lipinski definition) is 2. The zero-order chi connectivity index (χ0) is 17.7. The van der Waals surface area contributed by atoms with Crippen LogP contribution in [0.2, 0.25) is 0 Å². The first-order chi connectivity index (χ1) is 12.7. The van der Waals surface area contributed by atoms with Crippen LogP contribution in [0.3, 0.4) is 0 Å². The average molecular weight is 417 g/mol. The van der Waals surface area contributed by atoms with E-state index in [9.17, 15) is 0 Å². The Hall–Kier alpha value is -1.99. The zero-order valence-electron chi connectivity index (χ0n) is 16.0. The fourth-order valence-corrected chi connectivity index (χ4v) is 5.22. The lowest BCUT2D eigenvalue weighted by molar-refractivity contribution is 0.371. The second-order valence-corrected chi connectivity index (χ2v) is 8.39. The van der Waals surface area contributed by atoms with Crippen LogP contribution < -0.4 is 5.32 Å². The van der Waals surface area contributed by atoms with Gasteiger partial charge < -0.3 is 15.8 Å². The minimum absolute atomic E-state index is 0. The lowest BCUT2D eigenvalue weighted by Gasteiger charge is -2.27. The minimum atomic E-state index is 0. The first-order valence-electron chi connectivity index (χ1n) is 9.26. The van der Waals surface area contributed by atoms with Gasteiger partial charge >= 0.3 is 0 Å². The number of fused-ring (bicyclic) bond motifs is 2. The molecule has 3 aliphatic rings. The largest absolute Gasteiger partial charge is 0.412 e. The summed E-state index contributed by atoms with van der Waals surface area (Å²) >= 11 is 1.82. The van der Waals surface area contributed by atoms with Crippen molar-refractivity contribution in [1.29, 1.82) is 0 Å². The summed E-state index contributed by atoms with van der Waals surface area (Å²) in [5.74, 6) is 1.60. The Labute approximate surface area is 174 Å². The topological polar surface area (TPSA) is 85.1 Å². The van der Waals surface area contributed by atoms with Gasteiger partial charge in [0.2, 0.25) is 0 Å². The number of aromatic amines is 1. The summed E-state index contributed by atoms with van der Waals surface area (Å²) in [6.07, 6.45) is 4.20. The number of nitrogens with one attached hydrogen (secondary N) is 2. The van der Waals surface area contributed by atoms with Gasteiger partial charge in [0, 0.05) is 16.7 Å². The predicted octanol–water partition coefficient (Wildman–Crippen LogP) is 4.55. The molecule has 1 fully saturated rings. The molecule has 4 N–H and O–H groups in total. The van der Waals surface area contributed by atoms with Gasteiger partial charge in [0.1, 0.15) is 11.5 Å². The third-order valence-corrected chi connectivity index (χ3v) is 6.77. The van der Waals surface area contributed by atoms with Gasteiger partial charge in [-0.2, -0.15) is 0 Å². The van der Waals surface area contributed by atoms with Gasteiger partial charge in [-0.25, -0.2) is 9.97 Å². The molecule has 5 rings (SSSR count). The molecule has 1 aromatic carbocycles. The van der Waals surface area contributed by atoms with Crippen molar-refractivity contribution in [2.45, 2.75) is 38.6 Å². The first-order valence-corrected chi connectivity index (χ1v) is 10.1. The van der Waals surface area contributed by atoms with Crippen LogP contribution >= 0.6 is 23.7 Å². The van der Waals surface area contributed by atoms with Gasteiger partial charge in [0.05, 0.1) is 22.5 Å². The van der Waals surface area contributed by atoms with Crippen LogP contribution in [0.25, 0.3) is 32.0 Å². The Morgan fingerprint density at radius 3 is 2.79 bits per heavy atom. The van der Waals surface area contributed by atoms with E-state index in [1.807, 2.05) is 17.5 Å². The number of nitrogens with zero attached hydrogens (tertiary/aromatic N) is 2. The van der Waals surface area contributed by atoms with Crippen LogP contribution in [-0.4, -0.2) is 33.0 Å². The maximum absolute atomic E-state index is 4.84. The summed E-state index contributed by atoms with van der Waals surface area (Å²) in [6, 6.07) is 11.3. The molecule has 1 aromatic heterocycles. The van der Waals surface area contributed by atoms with Crippen molar-refractivity contribution in [3.05, 3.63) is 47.9 Å². The third-order valence-electron chi connectivity index (χ3n) is 5.47. The van der Waals surface area contributed by atoms with Gasteiger partial charge in [-0.05, 0) is 56.3 Å². The van der Waals surface area contributed by atoms with Crippen LogP contribution in [0.5, 0.6) is 0 Å². The monoisotopic (exact) mass is 416 g/mol. The molecule has 0 spiro atoms. The fraction of sp³-hybridized carbons (Fsp3) is 0.333. The molecule has 2 aromatic rings. The lowest BCUT2D eigenvalue weighted by Crippen LogP contribution is -2.35. The highest BCUT2D eigenvalue weighted by Crippen LogP contribution is 2.39. The van der Waals surface area contributed by atoms with Crippen molar-refractivity contribution < 1.29 is 5.48 Å². The van der Waals surface area contributed by atoms with E-state index in [4.69, 9.17) is 9.97 Å². The smallest absolute Gasteiger partial charge is 0.109 e. The summed E-state index contributed by atoms with van der Waals surface area (Å²) in [4.78, 5) is 14.4. The first kappa shape index (κ1) is 20.7. The molecule has 2 atom stereocenters. The average Bonchev–Trinajstić information content (AvgIpc) is 3.22. The molecule has 5 nitrogen and oxygen atoms in total. The molecule has 3 aliphatic heterocycles. The van der Waals surface area contributed by atoms with Crippen molar-refractivity contribution in [1.82, 2.24) is 20.3 Å². The Morgan fingerprint density at radius 1 is 1.18 bits per heavy atom. The second kappa shape index (κ2) is 8.17. The number of halogens is 1. The number of H-pyrrole nitrogens is 1. The maximum Gasteiger partial charge on any atom is 0.109 e. The molecule has 0 saturated carbocycles. The number of aryl methyl sites for hydroxylation is 1. The molecule has 0 bridgehead atoms. The number of thiophene rings is 1. The molecule has 0 aliphatic carbocycles. The van der Waals surface area contributed by atoms with Gasteiger partial charge in [-0.1, -0.05) is 18.2 Å². The maximum atomic E-state index is 4.84. The minimum Gasteiger partial charge on any atom is -0.412 e. The zero-order valence-corrected chi connectivity index (χ0v) is 17.6. The van der Waals surface area contributed by atoms with Gasteiger partial charge in [0.25, 0.3) is 0 Å². The van der Waals surface area contributed by atoms with Gasteiger partial charge in [0.15, 0.2) is 0 Å². The summed E-state index contributed by atoms with van der Waals surface area (Å²) in [6.45, 7) is 5.50. The molecule has 2 unspecified atom stereocenters. The molecule has 7 heteroatoms. The van der Waals surface area contributed by atoms with Crippen molar-refractivity contribution in [2.24, 2.45) is 0 Å². The standard InChI is InChI=1S/C21H22N4S.ClH.H2O/c1-12-9-14(7-8-22-12)21-23-11-18-16(25-21)10-17(24-18)20-13(2)15-5-3-4-6-19(15)26-20;;/h3-6,10-12,14,22H,7-9H2,1-2H3,(H,23,25);1H;1H2. The van der Waals surface area contributed by atoms with Gasteiger partial charge in [-0.15, -0.1) is 23.7 Å². The summed E-state index contributed by atoms with van der Waals surface area (Å²) in [7, 11) is 0. The number of rotatable bonds is 2. The Morgan fingerprint density at radius 2 is 2.00 bits per heavy atom. The molecule has 4 heterocycles. The lowest BCUT2D eigenvalue weighted by atomic mass is 9.92. The van der Waals surface area contributed by atoms with E-state index in [-0.39, 0.29) is 17.9 Å². The van der Waals surface area contributed by atoms with Crippen molar-refractivity contribution in [2.75, 3.05) is 6.54 Å². The number of piperidine rings is 1. The molecular weight excluding hydrogens is 392 g/mol. The van der Waals surface area contributed by atoms with E-state index in [0.29, 0.717) is 12.0 Å². The molecule has 28 heavy (non-hydrogen) atoms. The highest BCUT2D eigenvalue weighted by molar-refractivity contribution is 7.22. The van der Waals surface area contributed by atoms with E-state index < -0.39 is 0 Å². The quantitative estimate of drug-likeness (QED) is 0.502. The van der Waals surface area contributed by atoms with Crippen LogP contribution in [0, 0.1) is 6.92 Å². The van der Waals surface area contributed by atoms with E-state index in [2.05, 4.69) is 54.5 Å². The van der Waals surface area contributed by atoms with E-state index in [0.717, 1.165) is 42.3 Å². The molecule has 148 valence electrons. The number of hydrogen-bond acceptors (Lipinski definition) is 4.